The van der Waals surface area contributed by atoms with E-state index in [-0.39, 0.29) is 0 Å². The molecule has 5 nitrogen and oxygen atoms in total. The largest absolute Gasteiger partial charge is 0.307 e. The Morgan fingerprint density at radius 2 is 0.618 bits per heavy atom. The van der Waals surface area contributed by atoms with Crippen LogP contribution in [0.25, 0.3) is 156 Å². The van der Waals surface area contributed by atoms with Crippen LogP contribution in [0.2, 0.25) is 0 Å². The van der Waals surface area contributed by atoms with Gasteiger partial charge in [-0.25, -0.2) is 4.98 Å². The van der Waals surface area contributed by atoms with Gasteiger partial charge in [0.2, 0.25) is 5.95 Å². The van der Waals surface area contributed by atoms with Crippen molar-refractivity contribution in [1.82, 2.24) is 24.1 Å². The molecule has 466 valence electrons. The predicted molar refractivity (Wildman–Crippen MR) is 421 cm³/mol. The fourth-order valence-electron chi connectivity index (χ4n) is 14.3. The molecule has 0 saturated carbocycles. The molecule has 3 heterocycles. The Bertz CT molecular complexity index is 6430. The highest BCUT2D eigenvalue weighted by atomic mass is 15.2. The molecule has 0 bridgehead atoms. The van der Waals surface area contributed by atoms with Crippen molar-refractivity contribution in [3.63, 3.8) is 0 Å². The molecule has 5 heteroatoms. The van der Waals surface area contributed by atoms with E-state index >= 15 is 0 Å². The van der Waals surface area contributed by atoms with Crippen molar-refractivity contribution in [2.45, 2.75) is 0 Å². The van der Waals surface area contributed by atoms with Crippen molar-refractivity contribution in [2.24, 2.45) is 0 Å². The summed E-state index contributed by atoms with van der Waals surface area (Å²) >= 11 is 0. The van der Waals surface area contributed by atoms with Crippen LogP contribution in [0.5, 0.6) is 0 Å². The fraction of sp³-hybridized carbons (Fsp3) is 0. The number of para-hydroxylation sites is 2. The van der Waals surface area contributed by atoms with Gasteiger partial charge in [-0.15, -0.1) is 51.4 Å². The molecule has 13 aromatic carbocycles. The zero-order valence-corrected chi connectivity index (χ0v) is 54.8. The third-order valence-corrected chi connectivity index (χ3v) is 19.0. The van der Waals surface area contributed by atoms with Gasteiger partial charge < -0.3 is 4.57 Å². The van der Waals surface area contributed by atoms with Crippen LogP contribution < -0.4 is 0 Å². The molecule has 0 fully saturated rings. The van der Waals surface area contributed by atoms with Gasteiger partial charge >= 0.3 is 0 Å². The number of benzene rings is 13. The summed E-state index contributed by atoms with van der Waals surface area (Å²) in [6.07, 6.45) is 50.2. The number of hydrogen-bond acceptors (Lipinski definition) is 3. The molecule has 0 amide bonds. The average Bonchev–Trinajstić information content (AvgIpc) is 1.54. The van der Waals surface area contributed by atoms with Crippen LogP contribution in [0.1, 0.15) is 44.5 Å². The van der Waals surface area contributed by atoms with Crippen molar-refractivity contribution in [3.8, 4) is 211 Å². The molecule has 0 N–H and O–H groups in total. The normalized spacial score (nSPS) is 10.9. The Morgan fingerprint density at radius 3 is 1.13 bits per heavy atom. The van der Waals surface area contributed by atoms with E-state index in [9.17, 15) is 0 Å². The van der Waals surface area contributed by atoms with Crippen LogP contribution in [-0.2, 0) is 0 Å². The summed E-state index contributed by atoms with van der Waals surface area (Å²) in [6.45, 7) is 0. The topological polar surface area (TPSA) is 48.5 Å². The third kappa shape index (κ3) is 10.5. The Labute approximate surface area is 592 Å². The number of fused-ring (bicyclic) bond motifs is 7. The Balaban J connectivity index is 1.02. The highest BCUT2D eigenvalue weighted by molar-refractivity contribution is 6.24. The molecule has 16 aromatic rings. The molecule has 0 aliphatic rings. The number of rotatable bonds is 11. The highest BCUT2D eigenvalue weighted by Gasteiger charge is 2.26. The van der Waals surface area contributed by atoms with Crippen molar-refractivity contribution in [3.05, 3.63) is 317 Å². The van der Waals surface area contributed by atoms with Crippen LogP contribution in [0.3, 0.4) is 0 Å². The number of hydrogen-bond donors (Lipinski definition) is 0. The maximum Gasteiger partial charge on any atom is 0.238 e. The molecule has 3 aromatic heterocycles. The van der Waals surface area contributed by atoms with Crippen LogP contribution in [0, 0.1) is 98.8 Å². The second kappa shape index (κ2) is 25.8. The molecule has 0 spiro atoms. The van der Waals surface area contributed by atoms with Gasteiger partial charge in [-0.3, -0.25) is 4.57 Å². The van der Waals surface area contributed by atoms with E-state index in [4.69, 9.17) is 66.3 Å². The van der Waals surface area contributed by atoms with Crippen molar-refractivity contribution in [2.75, 3.05) is 0 Å². The molecule has 0 aliphatic heterocycles. The lowest BCUT2D eigenvalue weighted by molar-refractivity contribution is 0.953. The van der Waals surface area contributed by atoms with Gasteiger partial charge in [-0.2, -0.15) is 9.97 Å². The van der Waals surface area contributed by atoms with E-state index in [1.54, 1.807) is 0 Å². The van der Waals surface area contributed by atoms with Gasteiger partial charge in [0.05, 0.1) is 22.1 Å². The number of nitrogens with zero attached hydrogens (tertiary/aromatic N) is 5. The van der Waals surface area contributed by atoms with Crippen LogP contribution in [0.15, 0.2) is 273 Å². The number of aromatic nitrogens is 5. The molecular weight excluding hydrogens is 1240 g/mol. The van der Waals surface area contributed by atoms with Gasteiger partial charge in [0, 0.05) is 82.9 Å². The zero-order chi connectivity index (χ0) is 69.5. The molecule has 16 rings (SSSR count). The lowest BCUT2D eigenvalue weighted by Crippen LogP contribution is -2.07. The quantitative estimate of drug-likeness (QED) is 0.121. The molecule has 0 atom stereocenters. The first-order chi connectivity index (χ1) is 50.2. The van der Waals surface area contributed by atoms with Gasteiger partial charge in [0.25, 0.3) is 0 Å². The van der Waals surface area contributed by atoms with Gasteiger partial charge in [-0.05, 0) is 175 Å². The van der Waals surface area contributed by atoms with E-state index in [2.05, 4.69) is 190 Å². The molecule has 0 saturated heterocycles. The summed E-state index contributed by atoms with van der Waals surface area (Å²) in [5.74, 6) is 24.5. The minimum absolute atomic E-state index is 0.453. The van der Waals surface area contributed by atoms with Gasteiger partial charge in [-0.1, -0.05) is 223 Å². The zero-order valence-electron chi connectivity index (χ0n) is 54.8. The van der Waals surface area contributed by atoms with E-state index in [0.29, 0.717) is 62.1 Å². The lowest BCUT2D eigenvalue weighted by atomic mass is 9.84. The molecular formula is C97H53N5. The summed E-state index contributed by atoms with van der Waals surface area (Å²) in [5.41, 5.74) is 22.7. The van der Waals surface area contributed by atoms with Crippen LogP contribution >= 0.6 is 0 Å². The van der Waals surface area contributed by atoms with E-state index in [0.717, 1.165) is 138 Å². The van der Waals surface area contributed by atoms with E-state index < -0.39 is 0 Å². The molecule has 0 radical (unpaired) electrons. The summed E-state index contributed by atoms with van der Waals surface area (Å²) in [6, 6.07) is 92.8. The Hall–Kier alpha value is -15.1. The summed E-state index contributed by atoms with van der Waals surface area (Å²) in [5, 5.41) is 4.10. The Kier molecular flexibility index (Phi) is 15.7. The van der Waals surface area contributed by atoms with E-state index in [1.807, 2.05) is 140 Å². The average molecular weight is 1290 g/mol. The first-order valence-electron chi connectivity index (χ1n) is 32.9. The molecule has 0 unspecified atom stereocenters. The minimum atomic E-state index is 0.453. The first kappa shape index (κ1) is 61.8. The number of terminal acetylenes is 8. The third-order valence-electron chi connectivity index (χ3n) is 19.0. The molecule has 0 aliphatic carbocycles. The maximum absolute atomic E-state index is 6.44. The maximum atomic E-state index is 6.44. The van der Waals surface area contributed by atoms with Gasteiger partial charge in [0.15, 0.2) is 11.6 Å². The van der Waals surface area contributed by atoms with Crippen molar-refractivity contribution < 1.29 is 0 Å². The van der Waals surface area contributed by atoms with Crippen LogP contribution in [-0.4, -0.2) is 24.1 Å². The smallest absolute Gasteiger partial charge is 0.238 e. The van der Waals surface area contributed by atoms with Crippen molar-refractivity contribution in [1.29, 1.82) is 0 Å². The van der Waals surface area contributed by atoms with Gasteiger partial charge in [0.1, 0.15) is 0 Å². The summed E-state index contributed by atoms with van der Waals surface area (Å²) in [7, 11) is 0. The minimum Gasteiger partial charge on any atom is -0.307 e. The summed E-state index contributed by atoms with van der Waals surface area (Å²) < 4.78 is 4.58. The fourth-order valence-corrected chi connectivity index (χ4v) is 14.3. The SMILES string of the molecule is C#Cc1cccc(-c2cc(-c3cc(-c4ccc(-c5cccc(C#C)c5C#C)c(-c5cccc(C#C)c5C#C)c4)cc(-c4ccc5c(c4)c4ccc6c7ccccc7n(-c7ccccc7)c6c4n5-c4nc(-c5ccccc5)nc(-c5ccccc5)n4)c3)cc(-c3cccc(C#C)c3C#C)c2)c1C#C. The summed E-state index contributed by atoms with van der Waals surface area (Å²) in [4.78, 5) is 16.1. The monoisotopic (exact) mass is 1290 g/mol. The predicted octanol–water partition coefficient (Wildman–Crippen LogP) is 20.9. The second-order valence-electron chi connectivity index (χ2n) is 24.6. The second-order valence-corrected chi connectivity index (χ2v) is 24.6. The Morgan fingerprint density at radius 1 is 0.225 bits per heavy atom. The molecule has 102 heavy (non-hydrogen) atoms. The first-order valence-corrected chi connectivity index (χ1v) is 32.9. The lowest BCUT2D eigenvalue weighted by Gasteiger charge is -2.19. The van der Waals surface area contributed by atoms with E-state index in [1.165, 1.54) is 0 Å². The standard InChI is InChI=1S/C97H53N5/c1-9-62-36-28-43-81(77(62)13-5)74-57-73(58-75(59-74)82-44-29-37-63(10-2)78(82)14-6)72-55-70(68-48-50-85(83-45-30-38-64(11-3)79(83)15-7)89(60-68)84-46-31-39-65(12-4)80(84)16-8)54-71(56-72)69-49-53-92-90(61-69)88-52-51-87-86-42-26-27-47-91(86)101(76-40-24-19-25-41-76)93(87)94(88)102(92)97-99-95(66-32-20-17-21-33-66)98-96(100-97)67-34-22-18-23-35-67/h1-8,17-61H. The van der Waals surface area contributed by atoms with Crippen LogP contribution in [0.4, 0.5) is 0 Å². The highest BCUT2D eigenvalue weighted by Crippen LogP contribution is 2.47. The van der Waals surface area contributed by atoms with Crippen molar-refractivity contribution >= 4 is 43.6 Å².